The van der Waals surface area contributed by atoms with Crippen molar-refractivity contribution in [1.29, 1.82) is 0 Å². The Kier molecular flexibility index (Phi) is 11.2. The van der Waals surface area contributed by atoms with Gasteiger partial charge < -0.3 is 15.0 Å². The molecule has 0 bridgehead atoms. The standard InChI is InChI=1S/C34H43N3O5S/c1-4-26-16-20-29(21-17-26)37(43(40,41)31-14-10-7-11-15-31)25-33(38)36(24-27-18-22-30(42-3)23-19-27)32(5-2)34(39)35-28-12-8-6-9-13-28/h7,10-11,14-23,28,32H,4-6,8-9,12-13,24-25H2,1-3H3,(H,35,39)/t32-/m0/s1. The highest BCUT2D eigenvalue weighted by atomic mass is 32.2. The Balaban J connectivity index is 1.69. The molecular weight excluding hydrogens is 562 g/mol. The molecule has 0 spiro atoms. The highest BCUT2D eigenvalue weighted by molar-refractivity contribution is 7.92. The van der Waals surface area contributed by atoms with Gasteiger partial charge in [0.05, 0.1) is 17.7 Å². The van der Waals surface area contributed by atoms with Gasteiger partial charge in [-0.2, -0.15) is 0 Å². The molecule has 3 aromatic carbocycles. The number of carbonyl (C=O) groups is 2. The SMILES string of the molecule is CCc1ccc(N(CC(=O)N(Cc2ccc(OC)cc2)[C@@H](CC)C(=O)NC2CCCCC2)S(=O)(=O)c2ccccc2)cc1. The number of amides is 2. The van der Waals surface area contributed by atoms with Crippen molar-refractivity contribution in [2.45, 2.75) is 82.3 Å². The fourth-order valence-electron chi connectivity index (χ4n) is 5.54. The van der Waals surface area contributed by atoms with Crippen molar-refractivity contribution in [1.82, 2.24) is 10.2 Å². The minimum absolute atomic E-state index is 0.0836. The average molecular weight is 606 g/mol. The van der Waals surface area contributed by atoms with Crippen molar-refractivity contribution < 1.29 is 22.7 Å². The highest BCUT2D eigenvalue weighted by Gasteiger charge is 2.34. The summed E-state index contributed by atoms with van der Waals surface area (Å²) in [4.78, 5) is 29.5. The van der Waals surface area contributed by atoms with Gasteiger partial charge in [0, 0.05) is 12.6 Å². The number of rotatable bonds is 13. The van der Waals surface area contributed by atoms with Crippen molar-refractivity contribution in [2.75, 3.05) is 18.0 Å². The number of benzene rings is 3. The van der Waals surface area contributed by atoms with Crippen LogP contribution in [-0.4, -0.2) is 50.9 Å². The zero-order chi connectivity index (χ0) is 30.8. The van der Waals surface area contributed by atoms with Crippen LogP contribution >= 0.6 is 0 Å². The number of sulfonamides is 1. The summed E-state index contributed by atoms with van der Waals surface area (Å²) in [6.45, 7) is 3.60. The summed E-state index contributed by atoms with van der Waals surface area (Å²) in [5.41, 5.74) is 2.25. The molecule has 1 aliphatic rings. The van der Waals surface area contributed by atoms with Crippen molar-refractivity contribution in [3.8, 4) is 5.75 Å². The largest absolute Gasteiger partial charge is 0.497 e. The van der Waals surface area contributed by atoms with Crippen LogP contribution in [0, 0.1) is 0 Å². The molecule has 0 radical (unpaired) electrons. The Morgan fingerprint density at radius 1 is 0.884 bits per heavy atom. The van der Waals surface area contributed by atoms with Crippen LogP contribution in [0.15, 0.2) is 83.8 Å². The summed E-state index contributed by atoms with van der Waals surface area (Å²) in [5, 5.41) is 3.18. The van der Waals surface area contributed by atoms with E-state index < -0.39 is 28.5 Å². The third-order valence-electron chi connectivity index (χ3n) is 8.09. The van der Waals surface area contributed by atoms with Crippen LogP contribution in [0.25, 0.3) is 0 Å². The monoisotopic (exact) mass is 605 g/mol. The summed E-state index contributed by atoms with van der Waals surface area (Å²) in [6.07, 6.45) is 6.33. The number of methoxy groups -OCH3 is 1. The smallest absolute Gasteiger partial charge is 0.264 e. The third-order valence-corrected chi connectivity index (χ3v) is 9.88. The molecular formula is C34H43N3O5S. The second-order valence-corrected chi connectivity index (χ2v) is 12.8. The van der Waals surface area contributed by atoms with Gasteiger partial charge in [-0.15, -0.1) is 0 Å². The predicted octanol–water partition coefficient (Wildman–Crippen LogP) is 5.71. The van der Waals surface area contributed by atoms with Crippen molar-refractivity contribution in [3.63, 3.8) is 0 Å². The zero-order valence-electron chi connectivity index (χ0n) is 25.4. The number of aryl methyl sites for hydroxylation is 1. The van der Waals surface area contributed by atoms with Gasteiger partial charge in [0.1, 0.15) is 18.3 Å². The van der Waals surface area contributed by atoms with Crippen molar-refractivity contribution >= 4 is 27.5 Å². The normalized spacial score (nSPS) is 14.5. The van der Waals surface area contributed by atoms with Crippen LogP contribution in [0.5, 0.6) is 5.75 Å². The lowest BCUT2D eigenvalue weighted by molar-refractivity contribution is -0.140. The second-order valence-electron chi connectivity index (χ2n) is 11.0. The summed E-state index contributed by atoms with van der Waals surface area (Å²) < 4.78 is 34.4. The molecule has 0 aliphatic heterocycles. The van der Waals surface area contributed by atoms with Gasteiger partial charge >= 0.3 is 0 Å². The van der Waals surface area contributed by atoms with E-state index in [-0.39, 0.29) is 23.4 Å². The van der Waals surface area contributed by atoms with Crippen LogP contribution < -0.4 is 14.4 Å². The Morgan fingerprint density at radius 3 is 2.09 bits per heavy atom. The van der Waals surface area contributed by atoms with Gasteiger partial charge in [-0.25, -0.2) is 8.42 Å². The molecule has 1 saturated carbocycles. The lowest BCUT2D eigenvalue weighted by Crippen LogP contribution is -2.54. The van der Waals surface area contributed by atoms with Crippen molar-refractivity contribution in [2.24, 2.45) is 0 Å². The molecule has 230 valence electrons. The number of hydrogen-bond donors (Lipinski definition) is 1. The molecule has 8 nitrogen and oxygen atoms in total. The predicted molar refractivity (Wildman–Crippen MR) is 169 cm³/mol. The summed E-state index contributed by atoms with van der Waals surface area (Å²) in [5.74, 6) is 0.0147. The zero-order valence-corrected chi connectivity index (χ0v) is 26.2. The fourth-order valence-corrected chi connectivity index (χ4v) is 6.97. The Labute approximate surface area is 256 Å². The van der Waals surface area contributed by atoms with Gasteiger partial charge in [0.15, 0.2) is 0 Å². The van der Waals surface area contributed by atoms with Crippen LogP contribution in [-0.2, 0) is 32.6 Å². The first-order chi connectivity index (χ1) is 20.8. The second kappa shape index (κ2) is 15.0. The van der Waals surface area contributed by atoms with Crippen molar-refractivity contribution in [3.05, 3.63) is 90.0 Å². The molecule has 2 amide bonds. The van der Waals surface area contributed by atoms with Crippen LogP contribution in [0.1, 0.15) is 63.5 Å². The first kappa shape index (κ1) is 32.1. The van der Waals surface area contributed by atoms with E-state index in [9.17, 15) is 18.0 Å². The van der Waals surface area contributed by atoms with E-state index in [0.29, 0.717) is 17.9 Å². The van der Waals surface area contributed by atoms with E-state index >= 15 is 0 Å². The van der Waals surface area contributed by atoms with E-state index in [0.717, 1.165) is 54.0 Å². The summed E-state index contributed by atoms with van der Waals surface area (Å²) in [7, 11) is -2.51. The van der Waals surface area contributed by atoms with E-state index in [2.05, 4.69) is 5.32 Å². The quantitative estimate of drug-likeness (QED) is 0.269. The molecule has 1 fully saturated rings. The fraction of sp³-hybridized carbons (Fsp3) is 0.412. The lowest BCUT2D eigenvalue weighted by Gasteiger charge is -2.34. The number of nitrogens with zero attached hydrogens (tertiary/aromatic N) is 2. The van der Waals surface area contributed by atoms with Gasteiger partial charge in [-0.05, 0) is 73.2 Å². The van der Waals surface area contributed by atoms with E-state index in [1.165, 1.54) is 17.0 Å². The van der Waals surface area contributed by atoms with Crippen LogP contribution in [0.2, 0.25) is 0 Å². The number of carbonyl (C=O) groups excluding carboxylic acids is 2. The number of anilines is 1. The molecule has 9 heteroatoms. The third kappa shape index (κ3) is 8.16. The maximum absolute atomic E-state index is 14.3. The number of ether oxygens (including phenoxy) is 1. The topological polar surface area (TPSA) is 96.0 Å². The minimum atomic E-state index is -4.09. The first-order valence-electron chi connectivity index (χ1n) is 15.2. The van der Waals surface area contributed by atoms with Gasteiger partial charge in [-0.1, -0.05) is 75.6 Å². The molecule has 1 atom stereocenters. The van der Waals surface area contributed by atoms with E-state index in [1.54, 1.807) is 37.4 Å². The molecule has 0 unspecified atom stereocenters. The van der Waals surface area contributed by atoms with E-state index in [1.807, 2.05) is 50.2 Å². The molecule has 3 aromatic rings. The molecule has 1 N–H and O–H groups in total. The number of nitrogens with one attached hydrogen (secondary N) is 1. The van der Waals surface area contributed by atoms with E-state index in [4.69, 9.17) is 4.74 Å². The molecule has 4 rings (SSSR count). The van der Waals surface area contributed by atoms with Gasteiger partial charge in [-0.3, -0.25) is 13.9 Å². The minimum Gasteiger partial charge on any atom is -0.497 e. The highest BCUT2D eigenvalue weighted by Crippen LogP contribution is 2.26. The summed E-state index contributed by atoms with van der Waals surface area (Å²) >= 11 is 0. The maximum atomic E-state index is 14.3. The summed E-state index contributed by atoms with van der Waals surface area (Å²) in [6, 6.07) is 22.0. The molecule has 0 aromatic heterocycles. The number of hydrogen-bond acceptors (Lipinski definition) is 5. The Bertz CT molecular complexity index is 1440. The molecule has 0 heterocycles. The van der Waals surface area contributed by atoms with Gasteiger partial charge in [0.2, 0.25) is 11.8 Å². The molecule has 0 saturated heterocycles. The van der Waals surface area contributed by atoms with Gasteiger partial charge in [0.25, 0.3) is 10.0 Å². The lowest BCUT2D eigenvalue weighted by atomic mass is 9.95. The molecule has 43 heavy (non-hydrogen) atoms. The van der Waals surface area contributed by atoms with Crippen LogP contribution in [0.3, 0.4) is 0 Å². The van der Waals surface area contributed by atoms with Crippen LogP contribution in [0.4, 0.5) is 5.69 Å². The molecule has 1 aliphatic carbocycles. The average Bonchev–Trinajstić information content (AvgIpc) is 3.04. The maximum Gasteiger partial charge on any atom is 0.264 e. The first-order valence-corrected chi connectivity index (χ1v) is 16.6. The Hall–Kier alpha value is -3.85. The Morgan fingerprint density at radius 2 is 1.51 bits per heavy atom.